The highest BCUT2D eigenvalue weighted by Crippen LogP contribution is 2.26. The van der Waals surface area contributed by atoms with Crippen molar-refractivity contribution in [1.29, 1.82) is 0 Å². The van der Waals surface area contributed by atoms with Gasteiger partial charge in [0.2, 0.25) is 0 Å². The molecule has 84 valence electrons. The van der Waals surface area contributed by atoms with E-state index in [9.17, 15) is 0 Å². The molecule has 0 aliphatic heterocycles. The molecule has 0 aliphatic carbocycles. The summed E-state index contributed by atoms with van der Waals surface area (Å²) in [4.78, 5) is 8.51. The summed E-state index contributed by atoms with van der Waals surface area (Å²) in [6.45, 7) is 0. The summed E-state index contributed by atoms with van der Waals surface area (Å²) in [6.07, 6.45) is 3.31. The van der Waals surface area contributed by atoms with E-state index >= 15 is 0 Å². The Kier molecular flexibility index (Phi) is 2.30. The summed E-state index contributed by atoms with van der Waals surface area (Å²) in [5.41, 5.74) is 2.64. The van der Waals surface area contributed by atoms with E-state index in [1.165, 1.54) is 0 Å². The van der Waals surface area contributed by atoms with Crippen LogP contribution in [0.3, 0.4) is 0 Å². The van der Waals surface area contributed by atoms with Crippen molar-refractivity contribution in [3.63, 3.8) is 0 Å². The molecule has 0 fully saturated rings. The molecule has 0 spiro atoms. The van der Waals surface area contributed by atoms with Gasteiger partial charge < -0.3 is 0 Å². The van der Waals surface area contributed by atoms with Crippen LogP contribution in [0.2, 0.25) is 5.02 Å². The van der Waals surface area contributed by atoms with Crippen molar-refractivity contribution in [3.8, 4) is 11.3 Å². The van der Waals surface area contributed by atoms with Crippen molar-refractivity contribution in [1.82, 2.24) is 19.7 Å². The normalized spacial score (nSPS) is 10.9. The van der Waals surface area contributed by atoms with Crippen molar-refractivity contribution in [2.45, 2.75) is 0 Å². The van der Waals surface area contributed by atoms with Crippen molar-refractivity contribution >= 4 is 22.6 Å². The van der Waals surface area contributed by atoms with Crippen LogP contribution in [0.5, 0.6) is 0 Å². The van der Waals surface area contributed by atoms with E-state index in [2.05, 4.69) is 15.1 Å². The Morgan fingerprint density at radius 3 is 2.94 bits per heavy atom. The van der Waals surface area contributed by atoms with Crippen molar-refractivity contribution in [2.24, 2.45) is 7.05 Å². The lowest BCUT2D eigenvalue weighted by atomic mass is 10.1. The molecule has 0 saturated carbocycles. The maximum absolute atomic E-state index is 5.99. The summed E-state index contributed by atoms with van der Waals surface area (Å²) in [6, 6.07) is 7.60. The van der Waals surface area contributed by atoms with Gasteiger partial charge in [0, 0.05) is 17.6 Å². The number of benzene rings is 1. The highest BCUT2D eigenvalue weighted by atomic mass is 35.5. The van der Waals surface area contributed by atoms with Gasteiger partial charge in [0.1, 0.15) is 6.33 Å². The van der Waals surface area contributed by atoms with Gasteiger partial charge in [-0.05, 0) is 12.1 Å². The van der Waals surface area contributed by atoms with Gasteiger partial charge in [-0.15, -0.1) is 0 Å². The number of hydrogen-bond donors (Lipinski definition) is 0. The summed E-state index contributed by atoms with van der Waals surface area (Å²) >= 11 is 5.99. The molecule has 0 aliphatic rings. The molecule has 1 aromatic carbocycles. The van der Waals surface area contributed by atoms with Crippen LogP contribution >= 0.6 is 11.6 Å². The number of rotatable bonds is 1. The largest absolute Gasteiger partial charge is 0.250 e. The molecule has 0 radical (unpaired) electrons. The van der Waals surface area contributed by atoms with Gasteiger partial charge >= 0.3 is 0 Å². The molecule has 0 amide bonds. The van der Waals surface area contributed by atoms with Gasteiger partial charge in [-0.1, -0.05) is 23.7 Å². The molecule has 2 heterocycles. The van der Waals surface area contributed by atoms with E-state index in [4.69, 9.17) is 11.6 Å². The Bertz CT molecular complexity index is 690. The van der Waals surface area contributed by atoms with Gasteiger partial charge in [0.05, 0.1) is 17.3 Å². The standard InChI is InChI=1S/C12H9ClN4/c1-17-12-10(6-16-17)11(14-7-15-12)8-3-2-4-9(13)5-8/h2-7H,1H3. The average Bonchev–Trinajstić information content (AvgIpc) is 2.71. The molecule has 4 nitrogen and oxygen atoms in total. The van der Waals surface area contributed by atoms with E-state index in [-0.39, 0.29) is 0 Å². The van der Waals surface area contributed by atoms with Crippen LogP contribution in [0.15, 0.2) is 36.8 Å². The molecule has 2 aromatic heterocycles. The minimum absolute atomic E-state index is 0.693. The zero-order valence-corrected chi connectivity index (χ0v) is 9.89. The molecule has 0 unspecified atom stereocenters. The van der Waals surface area contributed by atoms with Gasteiger partial charge in [-0.2, -0.15) is 5.10 Å². The summed E-state index contributed by atoms with van der Waals surface area (Å²) in [5.74, 6) is 0. The van der Waals surface area contributed by atoms with E-state index < -0.39 is 0 Å². The second kappa shape index (κ2) is 3.82. The van der Waals surface area contributed by atoms with Crippen LogP contribution in [0.25, 0.3) is 22.3 Å². The number of aryl methyl sites for hydroxylation is 1. The van der Waals surface area contributed by atoms with Gasteiger partial charge in [-0.25, -0.2) is 9.97 Å². The zero-order chi connectivity index (χ0) is 11.8. The Labute approximate surface area is 103 Å². The zero-order valence-electron chi connectivity index (χ0n) is 9.13. The Hall–Kier alpha value is -1.94. The first-order chi connectivity index (χ1) is 8.25. The van der Waals surface area contributed by atoms with E-state index in [1.807, 2.05) is 31.3 Å². The molecule has 0 atom stereocenters. The third-order valence-electron chi connectivity index (χ3n) is 2.63. The van der Waals surface area contributed by atoms with Crippen LogP contribution in [-0.2, 0) is 7.05 Å². The first kappa shape index (κ1) is 10.2. The fourth-order valence-electron chi connectivity index (χ4n) is 1.83. The van der Waals surface area contributed by atoms with Crippen molar-refractivity contribution in [2.75, 3.05) is 0 Å². The lowest BCUT2D eigenvalue weighted by Crippen LogP contribution is -1.93. The quantitative estimate of drug-likeness (QED) is 0.661. The van der Waals surface area contributed by atoms with Gasteiger partial charge in [-0.3, -0.25) is 4.68 Å². The molecule has 0 bridgehead atoms. The molecular weight excluding hydrogens is 236 g/mol. The van der Waals surface area contributed by atoms with E-state index in [0.29, 0.717) is 5.02 Å². The molecule has 3 aromatic rings. The second-order valence-electron chi connectivity index (χ2n) is 3.74. The predicted octanol–water partition coefficient (Wildman–Crippen LogP) is 2.68. The molecule has 0 N–H and O–H groups in total. The monoisotopic (exact) mass is 244 g/mol. The SMILES string of the molecule is Cn1ncc2c(-c3cccc(Cl)c3)ncnc21. The van der Waals surface area contributed by atoms with Crippen LogP contribution in [0.4, 0.5) is 0 Å². The molecule has 17 heavy (non-hydrogen) atoms. The summed E-state index contributed by atoms with van der Waals surface area (Å²) in [7, 11) is 1.86. The third-order valence-corrected chi connectivity index (χ3v) is 2.86. The van der Waals surface area contributed by atoms with E-state index in [1.54, 1.807) is 17.2 Å². The number of nitrogens with zero attached hydrogens (tertiary/aromatic N) is 4. The van der Waals surface area contributed by atoms with E-state index in [0.717, 1.165) is 22.3 Å². The Morgan fingerprint density at radius 1 is 1.24 bits per heavy atom. The number of aromatic nitrogens is 4. The Balaban J connectivity index is 2.30. The minimum Gasteiger partial charge on any atom is -0.250 e. The van der Waals surface area contributed by atoms with Crippen LogP contribution in [0.1, 0.15) is 0 Å². The Morgan fingerprint density at radius 2 is 2.12 bits per heavy atom. The van der Waals surface area contributed by atoms with Gasteiger partial charge in [0.25, 0.3) is 0 Å². The fourth-order valence-corrected chi connectivity index (χ4v) is 2.02. The fraction of sp³-hybridized carbons (Fsp3) is 0.0833. The maximum atomic E-state index is 5.99. The first-order valence-corrected chi connectivity index (χ1v) is 5.52. The maximum Gasteiger partial charge on any atom is 0.161 e. The third kappa shape index (κ3) is 1.66. The molecular formula is C12H9ClN4. The lowest BCUT2D eigenvalue weighted by molar-refractivity contribution is 0.785. The summed E-state index contributed by atoms with van der Waals surface area (Å²) in [5, 5.41) is 5.81. The number of fused-ring (bicyclic) bond motifs is 1. The second-order valence-corrected chi connectivity index (χ2v) is 4.17. The summed E-state index contributed by atoms with van der Waals surface area (Å²) < 4.78 is 1.73. The molecule has 5 heteroatoms. The van der Waals surface area contributed by atoms with Crippen LogP contribution < -0.4 is 0 Å². The average molecular weight is 245 g/mol. The van der Waals surface area contributed by atoms with Crippen LogP contribution in [0, 0.1) is 0 Å². The molecule has 3 rings (SSSR count). The molecule has 0 saturated heterocycles. The number of halogens is 1. The smallest absolute Gasteiger partial charge is 0.161 e. The van der Waals surface area contributed by atoms with Crippen molar-refractivity contribution in [3.05, 3.63) is 41.8 Å². The highest BCUT2D eigenvalue weighted by molar-refractivity contribution is 6.30. The van der Waals surface area contributed by atoms with Gasteiger partial charge in [0.15, 0.2) is 5.65 Å². The van der Waals surface area contributed by atoms with Crippen molar-refractivity contribution < 1.29 is 0 Å². The number of hydrogen-bond acceptors (Lipinski definition) is 3. The first-order valence-electron chi connectivity index (χ1n) is 5.14. The lowest BCUT2D eigenvalue weighted by Gasteiger charge is -2.02. The predicted molar refractivity (Wildman–Crippen MR) is 66.8 cm³/mol. The highest BCUT2D eigenvalue weighted by Gasteiger charge is 2.09. The van der Waals surface area contributed by atoms with Crippen LogP contribution in [-0.4, -0.2) is 19.7 Å². The minimum atomic E-state index is 0.693. The topological polar surface area (TPSA) is 43.6 Å².